The van der Waals surface area contributed by atoms with Gasteiger partial charge in [0.1, 0.15) is 9.75 Å². The number of thioether (sulfide) groups is 1. The van der Waals surface area contributed by atoms with Crippen LogP contribution in [0.2, 0.25) is 0 Å². The number of thiophene rings is 1. The predicted octanol–water partition coefficient (Wildman–Crippen LogP) is 6.78. The van der Waals surface area contributed by atoms with Crippen molar-refractivity contribution in [2.45, 2.75) is 90.2 Å². The number of methoxy groups -OCH3 is 1. The number of nitrogens with one attached hydrogen (secondary N) is 2. The van der Waals surface area contributed by atoms with Crippen LogP contribution in [0.25, 0.3) is 0 Å². The van der Waals surface area contributed by atoms with Gasteiger partial charge in [0, 0.05) is 5.92 Å². The molecule has 6 N–H and O–H groups in total. The molecule has 6 unspecified atom stereocenters. The minimum Gasteiger partial charge on any atom is -0.481 e. The Bertz CT molecular complexity index is 2150. The molecule has 1 fully saturated rings. The van der Waals surface area contributed by atoms with E-state index >= 15 is 0 Å². The van der Waals surface area contributed by atoms with Crippen molar-refractivity contribution in [1.82, 2.24) is 5.32 Å². The molecule has 0 radical (unpaired) electrons. The first kappa shape index (κ1) is 46.7. The van der Waals surface area contributed by atoms with E-state index in [-0.39, 0.29) is 27.3 Å². The molecule has 1 saturated heterocycles. The number of primary amides is 1. The van der Waals surface area contributed by atoms with E-state index in [1.165, 1.54) is 14.0 Å². The van der Waals surface area contributed by atoms with Crippen molar-refractivity contribution in [1.29, 1.82) is 10.5 Å². The number of carbonyl (C=O) groups excluding carboxylic acids is 4. The van der Waals surface area contributed by atoms with Crippen molar-refractivity contribution in [2.24, 2.45) is 22.5 Å². The first-order valence-electron chi connectivity index (χ1n) is 18.4. The molecular formula is C42H49N5O9S2. The van der Waals surface area contributed by atoms with Crippen molar-refractivity contribution in [3.63, 3.8) is 0 Å². The number of hydrogen-bond acceptors (Lipinski definition) is 11. The lowest BCUT2D eigenvalue weighted by Gasteiger charge is -2.42. The zero-order chi connectivity index (χ0) is 43.9. The molecule has 2 aromatic carbocycles. The summed E-state index contributed by atoms with van der Waals surface area (Å²) in [6, 6.07) is 17.5. The Morgan fingerprint density at radius 2 is 1.34 bits per heavy atom. The van der Waals surface area contributed by atoms with Crippen LogP contribution in [0.5, 0.6) is 0 Å². The van der Waals surface area contributed by atoms with Gasteiger partial charge in [0.15, 0.2) is 0 Å². The van der Waals surface area contributed by atoms with Gasteiger partial charge in [-0.25, -0.2) is 4.79 Å². The highest BCUT2D eigenvalue weighted by atomic mass is 32.2. The molecule has 0 spiro atoms. The van der Waals surface area contributed by atoms with Crippen LogP contribution in [0.4, 0.5) is 5.00 Å². The number of ether oxygens (including phenoxy) is 1. The van der Waals surface area contributed by atoms with Crippen molar-refractivity contribution >= 4 is 63.7 Å². The summed E-state index contributed by atoms with van der Waals surface area (Å²) in [5, 5.41) is 43.0. The Kier molecular flexibility index (Phi) is 15.0. The summed E-state index contributed by atoms with van der Waals surface area (Å²) < 4.78 is 3.37. The summed E-state index contributed by atoms with van der Waals surface area (Å²) in [7, 11) is 1.22. The molecule has 1 aliphatic rings. The maximum absolute atomic E-state index is 13.2. The first-order chi connectivity index (χ1) is 27.1. The number of nitrogens with two attached hydrogens (primary N) is 1. The molecule has 1 aromatic heterocycles. The van der Waals surface area contributed by atoms with E-state index in [2.05, 4.69) is 10.6 Å². The lowest BCUT2D eigenvalue weighted by molar-refractivity contribution is -0.156. The third-order valence-electron chi connectivity index (χ3n) is 10.9. The molecule has 4 rings (SSSR count). The van der Waals surface area contributed by atoms with Crippen molar-refractivity contribution in [2.75, 3.05) is 12.4 Å². The molecule has 2 heterocycles. The van der Waals surface area contributed by atoms with Gasteiger partial charge >= 0.3 is 17.9 Å². The Labute approximate surface area is 346 Å². The van der Waals surface area contributed by atoms with Gasteiger partial charge in [0.25, 0.3) is 5.91 Å². The van der Waals surface area contributed by atoms with E-state index in [1.807, 2.05) is 26.0 Å². The standard InChI is InChI=1S/C23H30N2O5S.C19H19N3O4S/c1-7-16(15-10-8-14(12-24)9-11-15)17(26)25-18-22(6,19(27)28)13(2)23(31-18,20(29)30)21(3,4)5;1-4-13(12-7-5-11(9-20)6-8-12)17(24)22-18-14(19(25)26-3)10(2)15(27-18)16(21)23/h8-11,13,16,18H,7H2,1-6H3,(H,25,26)(H,27,28)(H,29,30);5-8,13H,4H2,1-3H3,(H2,21,23)(H,22,24). The zero-order valence-corrected chi connectivity index (χ0v) is 35.5. The van der Waals surface area contributed by atoms with Gasteiger partial charge in [-0.2, -0.15) is 10.5 Å². The third kappa shape index (κ3) is 9.03. The van der Waals surface area contributed by atoms with Gasteiger partial charge < -0.3 is 31.3 Å². The van der Waals surface area contributed by atoms with E-state index in [9.17, 15) is 39.0 Å². The van der Waals surface area contributed by atoms with E-state index in [0.29, 0.717) is 35.1 Å². The number of anilines is 1. The number of nitriles is 2. The minimum absolute atomic E-state index is 0.124. The average molecular weight is 832 g/mol. The maximum Gasteiger partial charge on any atom is 0.341 e. The second-order valence-electron chi connectivity index (χ2n) is 15.1. The molecule has 3 aromatic rings. The molecule has 58 heavy (non-hydrogen) atoms. The molecule has 14 nitrogen and oxygen atoms in total. The zero-order valence-electron chi connectivity index (χ0n) is 33.9. The predicted molar refractivity (Wildman–Crippen MR) is 220 cm³/mol. The van der Waals surface area contributed by atoms with Crippen LogP contribution in [0, 0.1) is 46.3 Å². The fourth-order valence-electron chi connectivity index (χ4n) is 7.26. The third-order valence-corrected chi connectivity index (χ3v) is 14.4. The summed E-state index contributed by atoms with van der Waals surface area (Å²) in [4.78, 5) is 74.7. The number of hydrogen-bond donors (Lipinski definition) is 5. The van der Waals surface area contributed by atoms with E-state index < -0.39 is 62.5 Å². The van der Waals surface area contributed by atoms with Crippen LogP contribution in [-0.2, 0) is 23.9 Å². The molecule has 0 aliphatic carbocycles. The van der Waals surface area contributed by atoms with Crippen LogP contribution in [0.15, 0.2) is 48.5 Å². The largest absolute Gasteiger partial charge is 0.481 e. The monoisotopic (exact) mass is 831 g/mol. The number of carboxylic acid groups (broad SMARTS) is 2. The van der Waals surface area contributed by atoms with E-state index in [1.54, 1.807) is 83.1 Å². The summed E-state index contributed by atoms with van der Waals surface area (Å²) in [5.41, 5.74) is 6.07. The number of amides is 3. The molecule has 0 bridgehead atoms. The van der Waals surface area contributed by atoms with Gasteiger partial charge in [-0.1, -0.05) is 65.8 Å². The Morgan fingerprint density at radius 3 is 1.71 bits per heavy atom. The fraction of sp³-hybridized carbons (Fsp3) is 0.429. The molecular weight excluding hydrogens is 783 g/mol. The number of rotatable bonds is 12. The molecule has 3 amide bonds. The summed E-state index contributed by atoms with van der Waals surface area (Å²) >= 11 is 1.96. The Balaban J connectivity index is 0.000000313. The number of carbonyl (C=O) groups is 6. The number of nitrogens with zero attached hydrogens (tertiary/aromatic N) is 2. The summed E-state index contributed by atoms with van der Waals surface area (Å²) in [6.07, 6.45) is 0.982. The smallest absolute Gasteiger partial charge is 0.341 e. The SMILES string of the molecule is CCC(C(=O)NC1SC(C(=O)O)(C(C)(C)C)C(C)C1(C)C(=O)O)c1ccc(C#N)cc1.CCC(C(=O)Nc1sc(C(N)=O)c(C)c1C(=O)OC)c1ccc(C#N)cc1. The topological polar surface area (TPSA) is 250 Å². The van der Waals surface area contributed by atoms with Crippen LogP contribution in [0.3, 0.4) is 0 Å². The summed E-state index contributed by atoms with van der Waals surface area (Å²) in [6.45, 7) is 13.8. The highest BCUT2D eigenvalue weighted by Gasteiger charge is 2.70. The minimum atomic E-state index is -1.48. The lowest BCUT2D eigenvalue weighted by atomic mass is 9.63. The second kappa shape index (κ2) is 18.7. The Hall–Kier alpha value is -5.71. The lowest BCUT2D eigenvalue weighted by Crippen LogP contribution is -2.54. The van der Waals surface area contributed by atoms with Crippen LogP contribution >= 0.6 is 23.1 Å². The average Bonchev–Trinajstić information content (AvgIpc) is 3.63. The van der Waals surface area contributed by atoms with Gasteiger partial charge in [-0.3, -0.25) is 24.0 Å². The van der Waals surface area contributed by atoms with Gasteiger partial charge in [0.05, 0.1) is 63.4 Å². The van der Waals surface area contributed by atoms with Crippen molar-refractivity contribution in [3.8, 4) is 12.1 Å². The van der Waals surface area contributed by atoms with Crippen molar-refractivity contribution in [3.05, 3.63) is 86.8 Å². The van der Waals surface area contributed by atoms with E-state index in [0.717, 1.165) is 28.7 Å². The highest BCUT2D eigenvalue weighted by Crippen LogP contribution is 2.63. The van der Waals surface area contributed by atoms with Crippen LogP contribution in [0.1, 0.15) is 121 Å². The van der Waals surface area contributed by atoms with Gasteiger partial charge in [-0.15, -0.1) is 23.1 Å². The van der Waals surface area contributed by atoms with Gasteiger partial charge in [-0.05, 0) is 73.1 Å². The molecule has 16 heteroatoms. The number of carboxylic acids is 2. The van der Waals surface area contributed by atoms with Crippen molar-refractivity contribution < 1.29 is 43.7 Å². The molecule has 1 aliphatic heterocycles. The van der Waals surface area contributed by atoms with E-state index in [4.69, 9.17) is 21.0 Å². The summed E-state index contributed by atoms with van der Waals surface area (Å²) in [5.74, 6) is -6.03. The Morgan fingerprint density at radius 1 is 0.879 bits per heavy atom. The fourth-order valence-corrected chi connectivity index (χ4v) is 10.3. The van der Waals surface area contributed by atoms with Gasteiger partial charge in [0.2, 0.25) is 11.8 Å². The highest BCUT2D eigenvalue weighted by molar-refractivity contribution is 8.02. The number of benzene rings is 2. The second-order valence-corrected chi connectivity index (χ2v) is 17.5. The maximum atomic E-state index is 13.2. The normalized spacial score (nSPS) is 20.8. The molecule has 308 valence electrons. The van der Waals surface area contributed by atoms with Crippen LogP contribution in [-0.4, -0.2) is 63.1 Å². The molecule has 6 atom stereocenters. The first-order valence-corrected chi connectivity index (χ1v) is 20.1. The molecule has 0 saturated carbocycles. The number of esters is 1. The number of aliphatic carboxylic acids is 2. The van der Waals surface area contributed by atoms with Crippen LogP contribution < -0.4 is 16.4 Å². The quantitative estimate of drug-likeness (QED) is 0.118.